The maximum Gasteiger partial charge on any atom is 0.127 e. The van der Waals surface area contributed by atoms with Crippen LogP contribution in [0, 0.1) is 0 Å². The quantitative estimate of drug-likeness (QED) is 0.860. The molecule has 2 aromatic carbocycles. The average molecular weight is 227 g/mol. The molecule has 0 amide bonds. The number of ether oxygens (including phenoxy) is 1. The van der Waals surface area contributed by atoms with E-state index in [-0.39, 0.29) is 6.04 Å². The standard InChI is InChI=1S/C15H17NO/c1-2-15(16)12-8-10-14(11-9-12)17-13-6-4-3-5-7-13/h3-11,15H,2,16H2,1H3. The Morgan fingerprint density at radius 3 is 2.12 bits per heavy atom. The third-order valence-corrected chi connectivity index (χ3v) is 2.73. The number of benzene rings is 2. The molecular formula is C15H17NO. The van der Waals surface area contributed by atoms with E-state index in [0.717, 1.165) is 23.5 Å². The van der Waals surface area contributed by atoms with E-state index in [1.807, 2.05) is 54.6 Å². The highest BCUT2D eigenvalue weighted by atomic mass is 16.5. The van der Waals surface area contributed by atoms with Crippen LogP contribution in [0.4, 0.5) is 0 Å². The van der Waals surface area contributed by atoms with Gasteiger partial charge in [-0.25, -0.2) is 0 Å². The predicted molar refractivity (Wildman–Crippen MR) is 70.2 cm³/mol. The lowest BCUT2D eigenvalue weighted by Crippen LogP contribution is -2.07. The Morgan fingerprint density at radius 1 is 0.941 bits per heavy atom. The SMILES string of the molecule is CCC(N)c1ccc(Oc2ccccc2)cc1. The Hall–Kier alpha value is -1.80. The van der Waals surface area contributed by atoms with E-state index < -0.39 is 0 Å². The summed E-state index contributed by atoms with van der Waals surface area (Å²) in [5, 5.41) is 0. The minimum atomic E-state index is 0.112. The van der Waals surface area contributed by atoms with Gasteiger partial charge in [0.05, 0.1) is 0 Å². The fourth-order valence-corrected chi connectivity index (χ4v) is 1.64. The van der Waals surface area contributed by atoms with Crippen LogP contribution in [-0.2, 0) is 0 Å². The summed E-state index contributed by atoms with van der Waals surface area (Å²) >= 11 is 0. The summed E-state index contributed by atoms with van der Waals surface area (Å²) in [5.74, 6) is 1.68. The van der Waals surface area contributed by atoms with Crippen molar-refractivity contribution in [2.24, 2.45) is 5.73 Å². The summed E-state index contributed by atoms with van der Waals surface area (Å²) < 4.78 is 5.71. The maximum absolute atomic E-state index is 5.96. The molecule has 0 bridgehead atoms. The van der Waals surface area contributed by atoms with Gasteiger partial charge in [0.15, 0.2) is 0 Å². The molecule has 0 saturated heterocycles. The molecule has 2 aromatic rings. The molecule has 0 aliphatic rings. The molecule has 1 atom stereocenters. The van der Waals surface area contributed by atoms with Crippen molar-refractivity contribution in [1.82, 2.24) is 0 Å². The van der Waals surface area contributed by atoms with Crippen LogP contribution in [0.1, 0.15) is 24.9 Å². The Bertz CT molecular complexity index is 450. The van der Waals surface area contributed by atoms with Crippen molar-refractivity contribution in [2.75, 3.05) is 0 Å². The van der Waals surface area contributed by atoms with Gasteiger partial charge in [0.25, 0.3) is 0 Å². The van der Waals surface area contributed by atoms with Gasteiger partial charge >= 0.3 is 0 Å². The Labute approximate surface area is 102 Å². The highest BCUT2D eigenvalue weighted by Crippen LogP contribution is 2.23. The first-order chi connectivity index (χ1) is 8.29. The van der Waals surface area contributed by atoms with Gasteiger partial charge in [0, 0.05) is 6.04 Å². The van der Waals surface area contributed by atoms with Crippen molar-refractivity contribution in [3.63, 3.8) is 0 Å². The normalized spacial score (nSPS) is 12.1. The average Bonchev–Trinajstić information content (AvgIpc) is 2.40. The van der Waals surface area contributed by atoms with Gasteiger partial charge in [0.2, 0.25) is 0 Å². The largest absolute Gasteiger partial charge is 0.457 e. The zero-order valence-electron chi connectivity index (χ0n) is 9.97. The van der Waals surface area contributed by atoms with E-state index in [2.05, 4.69) is 6.92 Å². The lowest BCUT2D eigenvalue weighted by Gasteiger charge is -2.10. The monoisotopic (exact) mass is 227 g/mol. The predicted octanol–water partition coefficient (Wildman–Crippen LogP) is 3.89. The van der Waals surface area contributed by atoms with Crippen molar-refractivity contribution < 1.29 is 4.74 Å². The smallest absolute Gasteiger partial charge is 0.127 e. The molecule has 88 valence electrons. The van der Waals surface area contributed by atoms with Gasteiger partial charge in [-0.15, -0.1) is 0 Å². The third kappa shape index (κ3) is 3.08. The Morgan fingerprint density at radius 2 is 1.53 bits per heavy atom. The molecule has 0 radical (unpaired) electrons. The number of nitrogens with two attached hydrogens (primary N) is 1. The summed E-state index contributed by atoms with van der Waals surface area (Å²) in [6, 6.07) is 17.8. The van der Waals surface area contributed by atoms with Crippen LogP contribution >= 0.6 is 0 Å². The fourth-order valence-electron chi connectivity index (χ4n) is 1.64. The summed E-state index contributed by atoms with van der Waals surface area (Å²) in [4.78, 5) is 0. The molecule has 2 rings (SSSR count). The molecule has 1 unspecified atom stereocenters. The van der Waals surface area contributed by atoms with Crippen molar-refractivity contribution in [3.8, 4) is 11.5 Å². The Balaban J connectivity index is 2.08. The Kier molecular flexibility index (Phi) is 3.78. The van der Waals surface area contributed by atoms with Gasteiger partial charge in [-0.05, 0) is 36.2 Å². The molecule has 0 aliphatic carbocycles. The second kappa shape index (κ2) is 5.51. The first kappa shape index (κ1) is 11.7. The summed E-state index contributed by atoms with van der Waals surface area (Å²) in [6.07, 6.45) is 0.943. The molecule has 0 heterocycles. The number of para-hydroxylation sites is 1. The molecule has 2 nitrogen and oxygen atoms in total. The zero-order valence-corrected chi connectivity index (χ0v) is 9.97. The highest BCUT2D eigenvalue weighted by Gasteiger charge is 2.03. The van der Waals surface area contributed by atoms with E-state index in [0.29, 0.717) is 0 Å². The fraction of sp³-hybridized carbons (Fsp3) is 0.200. The van der Waals surface area contributed by atoms with Gasteiger partial charge < -0.3 is 10.5 Å². The second-order valence-corrected chi connectivity index (χ2v) is 4.00. The molecule has 0 saturated carbocycles. The lowest BCUT2D eigenvalue weighted by molar-refractivity contribution is 0.482. The van der Waals surface area contributed by atoms with E-state index >= 15 is 0 Å². The molecular weight excluding hydrogens is 210 g/mol. The first-order valence-corrected chi connectivity index (χ1v) is 5.88. The summed E-state index contributed by atoms with van der Waals surface area (Å²) in [7, 11) is 0. The number of rotatable bonds is 4. The molecule has 0 fully saturated rings. The third-order valence-electron chi connectivity index (χ3n) is 2.73. The van der Waals surface area contributed by atoms with Gasteiger partial charge in [-0.3, -0.25) is 0 Å². The van der Waals surface area contributed by atoms with Crippen molar-refractivity contribution >= 4 is 0 Å². The van der Waals surface area contributed by atoms with E-state index in [4.69, 9.17) is 10.5 Å². The molecule has 0 aliphatic heterocycles. The van der Waals surface area contributed by atoms with Gasteiger partial charge in [-0.2, -0.15) is 0 Å². The van der Waals surface area contributed by atoms with Gasteiger partial charge in [0.1, 0.15) is 11.5 Å². The molecule has 0 aromatic heterocycles. The van der Waals surface area contributed by atoms with Crippen molar-refractivity contribution in [3.05, 3.63) is 60.2 Å². The van der Waals surface area contributed by atoms with Crippen LogP contribution in [0.2, 0.25) is 0 Å². The first-order valence-electron chi connectivity index (χ1n) is 5.88. The second-order valence-electron chi connectivity index (χ2n) is 4.00. The van der Waals surface area contributed by atoms with Crippen LogP contribution in [-0.4, -0.2) is 0 Å². The number of hydrogen-bond acceptors (Lipinski definition) is 2. The number of hydrogen-bond donors (Lipinski definition) is 1. The summed E-state index contributed by atoms with van der Waals surface area (Å²) in [6.45, 7) is 2.08. The molecule has 17 heavy (non-hydrogen) atoms. The minimum absolute atomic E-state index is 0.112. The minimum Gasteiger partial charge on any atom is -0.457 e. The lowest BCUT2D eigenvalue weighted by atomic mass is 10.1. The van der Waals surface area contributed by atoms with Gasteiger partial charge in [-0.1, -0.05) is 37.3 Å². The van der Waals surface area contributed by atoms with Crippen LogP contribution < -0.4 is 10.5 Å². The molecule has 2 heteroatoms. The highest BCUT2D eigenvalue weighted by molar-refractivity contribution is 5.33. The van der Waals surface area contributed by atoms with Crippen LogP contribution in [0.25, 0.3) is 0 Å². The van der Waals surface area contributed by atoms with Crippen LogP contribution in [0.3, 0.4) is 0 Å². The van der Waals surface area contributed by atoms with Crippen LogP contribution in [0.5, 0.6) is 11.5 Å². The molecule has 2 N–H and O–H groups in total. The van der Waals surface area contributed by atoms with Crippen LogP contribution in [0.15, 0.2) is 54.6 Å². The van der Waals surface area contributed by atoms with Crippen molar-refractivity contribution in [1.29, 1.82) is 0 Å². The van der Waals surface area contributed by atoms with Crippen molar-refractivity contribution in [2.45, 2.75) is 19.4 Å². The molecule has 0 spiro atoms. The zero-order chi connectivity index (χ0) is 12.1. The maximum atomic E-state index is 5.96. The van der Waals surface area contributed by atoms with E-state index in [1.54, 1.807) is 0 Å². The topological polar surface area (TPSA) is 35.2 Å². The van der Waals surface area contributed by atoms with E-state index in [9.17, 15) is 0 Å². The van der Waals surface area contributed by atoms with E-state index in [1.165, 1.54) is 0 Å². The summed E-state index contributed by atoms with van der Waals surface area (Å²) in [5.41, 5.74) is 7.10.